The van der Waals surface area contributed by atoms with Crippen LogP contribution in [0.2, 0.25) is 0 Å². The normalized spacial score (nSPS) is 22.9. The zero-order chi connectivity index (χ0) is 10.5. The number of nitrogens with zero attached hydrogens (tertiary/aromatic N) is 1. The Morgan fingerprint density at radius 3 is 2.80 bits per heavy atom. The molecule has 0 aliphatic carbocycles. The Labute approximate surface area is 92.3 Å². The van der Waals surface area contributed by atoms with E-state index >= 15 is 0 Å². The van der Waals surface area contributed by atoms with Crippen LogP contribution < -0.4 is 5.32 Å². The van der Waals surface area contributed by atoms with Crippen molar-refractivity contribution in [1.29, 1.82) is 0 Å². The number of nitrogens with one attached hydrogen (secondary N) is 1. The highest BCUT2D eigenvalue weighted by Gasteiger charge is 2.20. The van der Waals surface area contributed by atoms with Crippen LogP contribution in [-0.2, 0) is 6.54 Å². The lowest BCUT2D eigenvalue weighted by molar-refractivity contribution is 0.119. The summed E-state index contributed by atoms with van der Waals surface area (Å²) in [6.45, 7) is 2.30. The summed E-state index contributed by atoms with van der Waals surface area (Å²) < 4.78 is 0. The van der Waals surface area contributed by atoms with Gasteiger partial charge in [0.2, 0.25) is 0 Å². The summed E-state index contributed by atoms with van der Waals surface area (Å²) in [5, 5.41) is 3.40. The van der Waals surface area contributed by atoms with E-state index < -0.39 is 0 Å². The van der Waals surface area contributed by atoms with Gasteiger partial charge < -0.3 is 5.32 Å². The average molecular weight is 204 g/mol. The van der Waals surface area contributed by atoms with Gasteiger partial charge in [-0.25, -0.2) is 0 Å². The minimum absolute atomic E-state index is 0.568. The zero-order valence-corrected chi connectivity index (χ0v) is 9.45. The van der Waals surface area contributed by atoms with Crippen molar-refractivity contribution in [1.82, 2.24) is 10.2 Å². The van der Waals surface area contributed by atoms with Gasteiger partial charge in [-0.05, 0) is 38.4 Å². The molecular formula is C13H20N2. The fourth-order valence-electron chi connectivity index (χ4n) is 2.33. The Morgan fingerprint density at radius 1 is 1.27 bits per heavy atom. The van der Waals surface area contributed by atoms with Crippen LogP contribution in [0.15, 0.2) is 30.3 Å². The summed E-state index contributed by atoms with van der Waals surface area (Å²) in [5.74, 6) is 0. The van der Waals surface area contributed by atoms with Gasteiger partial charge in [0.15, 0.2) is 0 Å². The first-order valence-electron chi connectivity index (χ1n) is 5.85. The molecule has 0 aromatic heterocycles. The van der Waals surface area contributed by atoms with Gasteiger partial charge >= 0.3 is 0 Å². The molecule has 1 aliphatic rings. The van der Waals surface area contributed by atoms with E-state index in [2.05, 4.69) is 47.6 Å². The van der Waals surface area contributed by atoms with E-state index in [1.165, 1.54) is 31.4 Å². The molecule has 0 saturated carbocycles. The average Bonchev–Trinajstić information content (AvgIpc) is 2.31. The largest absolute Gasteiger partial charge is 0.305 e. The lowest BCUT2D eigenvalue weighted by Gasteiger charge is -2.35. The van der Waals surface area contributed by atoms with Crippen LogP contribution in [0.25, 0.3) is 0 Å². The van der Waals surface area contributed by atoms with Gasteiger partial charge in [0, 0.05) is 6.54 Å². The number of rotatable bonds is 3. The Balaban J connectivity index is 1.97. The molecule has 2 nitrogen and oxygen atoms in total. The maximum absolute atomic E-state index is 3.40. The van der Waals surface area contributed by atoms with E-state index in [1.807, 2.05) is 0 Å². The quantitative estimate of drug-likeness (QED) is 0.812. The van der Waals surface area contributed by atoms with E-state index in [4.69, 9.17) is 0 Å². The maximum atomic E-state index is 3.40. The van der Waals surface area contributed by atoms with Crippen molar-refractivity contribution in [3.8, 4) is 0 Å². The molecule has 82 valence electrons. The van der Waals surface area contributed by atoms with Crippen molar-refractivity contribution in [2.45, 2.75) is 32.0 Å². The van der Waals surface area contributed by atoms with Crippen molar-refractivity contribution in [3.63, 3.8) is 0 Å². The standard InChI is InChI=1S/C13H20N2/c1-14-13-9-5-6-10-15(13)11-12-7-3-2-4-8-12/h2-4,7-8,13-14H,5-6,9-11H2,1H3. The molecule has 2 heteroatoms. The SMILES string of the molecule is CNC1CCCCN1Cc1ccccc1. The van der Waals surface area contributed by atoms with E-state index in [1.54, 1.807) is 0 Å². The molecule has 1 aromatic rings. The first-order valence-corrected chi connectivity index (χ1v) is 5.85. The molecule has 1 N–H and O–H groups in total. The van der Waals surface area contributed by atoms with E-state index in [0.717, 1.165) is 6.54 Å². The Morgan fingerprint density at radius 2 is 2.07 bits per heavy atom. The summed E-state index contributed by atoms with van der Waals surface area (Å²) >= 11 is 0. The van der Waals surface area contributed by atoms with Crippen LogP contribution in [0.3, 0.4) is 0 Å². The highest BCUT2D eigenvalue weighted by atomic mass is 15.3. The molecule has 1 fully saturated rings. The summed E-state index contributed by atoms with van der Waals surface area (Å²) in [7, 11) is 2.06. The molecule has 1 aromatic carbocycles. The fourth-order valence-corrected chi connectivity index (χ4v) is 2.33. The first-order chi connectivity index (χ1) is 7.40. The third kappa shape index (κ3) is 2.80. The third-order valence-electron chi connectivity index (χ3n) is 3.18. The van der Waals surface area contributed by atoms with Gasteiger partial charge in [0.25, 0.3) is 0 Å². The molecular weight excluding hydrogens is 184 g/mol. The topological polar surface area (TPSA) is 15.3 Å². The predicted octanol–water partition coefficient (Wildman–Crippen LogP) is 2.22. The summed E-state index contributed by atoms with van der Waals surface area (Å²) in [4.78, 5) is 2.54. The Hall–Kier alpha value is -0.860. The molecule has 0 amide bonds. The molecule has 15 heavy (non-hydrogen) atoms. The second kappa shape index (κ2) is 5.29. The monoisotopic (exact) mass is 204 g/mol. The molecule has 0 bridgehead atoms. The smallest absolute Gasteiger partial charge is 0.0597 e. The lowest BCUT2D eigenvalue weighted by atomic mass is 10.1. The van der Waals surface area contributed by atoms with Gasteiger partial charge in [-0.2, -0.15) is 0 Å². The number of piperidine rings is 1. The molecule has 0 spiro atoms. The van der Waals surface area contributed by atoms with E-state index in [-0.39, 0.29) is 0 Å². The number of hydrogen-bond acceptors (Lipinski definition) is 2. The van der Waals surface area contributed by atoms with Crippen molar-refractivity contribution in [2.75, 3.05) is 13.6 Å². The van der Waals surface area contributed by atoms with Gasteiger partial charge in [-0.1, -0.05) is 30.3 Å². The van der Waals surface area contributed by atoms with Crippen LogP contribution >= 0.6 is 0 Å². The van der Waals surface area contributed by atoms with Gasteiger partial charge in [0.05, 0.1) is 6.17 Å². The molecule has 1 heterocycles. The van der Waals surface area contributed by atoms with Crippen LogP contribution in [0.1, 0.15) is 24.8 Å². The number of hydrogen-bond donors (Lipinski definition) is 1. The summed E-state index contributed by atoms with van der Waals surface area (Å²) in [6, 6.07) is 10.7. The third-order valence-corrected chi connectivity index (χ3v) is 3.18. The molecule has 1 unspecified atom stereocenters. The highest BCUT2D eigenvalue weighted by Crippen LogP contribution is 2.17. The van der Waals surface area contributed by atoms with Crippen LogP contribution in [-0.4, -0.2) is 24.7 Å². The minimum atomic E-state index is 0.568. The van der Waals surface area contributed by atoms with Crippen LogP contribution in [0, 0.1) is 0 Å². The molecule has 0 radical (unpaired) electrons. The summed E-state index contributed by atoms with van der Waals surface area (Å²) in [6.07, 6.45) is 4.55. The Kier molecular flexibility index (Phi) is 3.75. The molecule has 1 saturated heterocycles. The second-order valence-electron chi connectivity index (χ2n) is 4.26. The fraction of sp³-hybridized carbons (Fsp3) is 0.538. The Bertz CT molecular complexity index is 284. The van der Waals surface area contributed by atoms with Crippen molar-refractivity contribution < 1.29 is 0 Å². The zero-order valence-electron chi connectivity index (χ0n) is 9.45. The van der Waals surface area contributed by atoms with E-state index in [9.17, 15) is 0 Å². The number of benzene rings is 1. The second-order valence-corrected chi connectivity index (χ2v) is 4.26. The van der Waals surface area contributed by atoms with Gasteiger partial charge in [-0.3, -0.25) is 4.90 Å². The van der Waals surface area contributed by atoms with E-state index in [0.29, 0.717) is 6.17 Å². The van der Waals surface area contributed by atoms with Crippen LogP contribution in [0.5, 0.6) is 0 Å². The summed E-state index contributed by atoms with van der Waals surface area (Å²) in [5.41, 5.74) is 1.42. The van der Waals surface area contributed by atoms with Crippen molar-refractivity contribution in [3.05, 3.63) is 35.9 Å². The van der Waals surface area contributed by atoms with Gasteiger partial charge in [-0.15, -0.1) is 0 Å². The number of likely N-dealkylation sites (tertiary alicyclic amines) is 1. The molecule has 1 aliphatic heterocycles. The van der Waals surface area contributed by atoms with Crippen molar-refractivity contribution in [2.24, 2.45) is 0 Å². The maximum Gasteiger partial charge on any atom is 0.0597 e. The lowest BCUT2D eigenvalue weighted by Crippen LogP contribution is -2.46. The van der Waals surface area contributed by atoms with Crippen LogP contribution in [0.4, 0.5) is 0 Å². The predicted molar refractivity (Wildman–Crippen MR) is 63.6 cm³/mol. The minimum Gasteiger partial charge on any atom is -0.305 e. The molecule has 2 rings (SSSR count). The molecule has 1 atom stereocenters. The highest BCUT2D eigenvalue weighted by molar-refractivity contribution is 5.14. The first kappa shape index (κ1) is 10.7. The van der Waals surface area contributed by atoms with Crippen molar-refractivity contribution >= 4 is 0 Å². The van der Waals surface area contributed by atoms with Gasteiger partial charge in [0.1, 0.15) is 0 Å².